The molecule has 0 spiro atoms. The highest BCUT2D eigenvalue weighted by molar-refractivity contribution is 9.09. The van der Waals surface area contributed by atoms with Crippen LogP contribution in [0.2, 0.25) is 10.0 Å². The van der Waals surface area contributed by atoms with Crippen molar-refractivity contribution in [3.8, 4) is 0 Å². The summed E-state index contributed by atoms with van der Waals surface area (Å²) in [6, 6.07) is 4.44. The van der Waals surface area contributed by atoms with Crippen molar-refractivity contribution in [1.29, 1.82) is 0 Å². The maximum absolute atomic E-state index is 12.6. The predicted octanol–water partition coefficient (Wildman–Crippen LogP) is 3.93. The second-order valence-electron chi connectivity index (χ2n) is 4.50. The van der Waals surface area contributed by atoms with Crippen molar-refractivity contribution in [2.45, 2.75) is 30.2 Å². The Balaban J connectivity index is 2.37. The van der Waals surface area contributed by atoms with E-state index in [1.807, 2.05) is 0 Å². The van der Waals surface area contributed by atoms with Crippen LogP contribution in [0.4, 0.5) is 0 Å². The molecule has 1 aliphatic rings. The lowest BCUT2D eigenvalue weighted by atomic mass is 10.1. The summed E-state index contributed by atoms with van der Waals surface area (Å²) in [5.41, 5.74) is 0. The second kappa shape index (κ2) is 6.31. The molecular formula is C12H14BrCl2NO2S. The Morgan fingerprint density at radius 2 is 2.00 bits per heavy atom. The molecule has 1 aromatic rings. The van der Waals surface area contributed by atoms with E-state index >= 15 is 0 Å². The van der Waals surface area contributed by atoms with Gasteiger partial charge >= 0.3 is 0 Å². The van der Waals surface area contributed by atoms with Crippen molar-refractivity contribution in [3.63, 3.8) is 0 Å². The summed E-state index contributed by atoms with van der Waals surface area (Å²) in [5.74, 6) is 0. The van der Waals surface area contributed by atoms with Crippen LogP contribution < -0.4 is 0 Å². The first kappa shape index (κ1) is 15.6. The van der Waals surface area contributed by atoms with Crippen LogP contribution in [0.5, 0.6) is 0 Å². The summed E-state index contributed by atoms with van der Waals surface area (Å²) in [6.07, 6.45) is 2.83. The summed E-state index contributed by atoms with van der Waals surface area (Å²) in [6.45, 7) is 0.554. The fourth-order valence-corrected chi connectivity index (χ4v) is 5.16. The summed E-state index contributed by atoms with van der Waals surface area (Å²) < 4.78 is 26.8. The number of sulfonamides is 1. The summed E-state index contributed by atoms with van der Waals surface area (Å²) in [7, 11) is -3.50. The van der Waals surface area contributed by atoms with Gasteiger partial charge in [0.2, 0.25) is 10.0 Å². The van der Waals surface area contributed by atoms with Gasteiger partial charge in [-0.25, -0.2) is 8.42 Å². The lowest BCUT2D eigenvalue weighted by molar-refractivity contribution is 0.273. The summed E-state index contributed by atoms with van der Waals surface area (Å²) in [4.78, 5) is 0.203. The second-order valence-corrected chi connectivity index (χ2v) is 7.85. The fraction of sp³-hybridized carbons (Fsp3) is 0.500. The Bertz CT molecular complexity index is 565. The lowest BCUT2D eigenvalue weighted by Gasteiger charge is -2.33. The van der Waals surface area contributed by atoms with Crippen LogP contribution in [-0.2, 0) is 10.0 Å². The monoisotopic (exact) mass is 385 g/mol. The van der Waals surface area contributed by atoms with E-state index in [0.29, 0.717) is 16.9 Å². The highest BCUT2D eigenvalue weighted by Gasteiger charge is 2.33. The maximum atomic E-state index is 12.6. The minimum atomic E-state index is -3.50. The zero-order valence-corrected chi connectivity index (χ0v) is 14.1. The van der Waals surface area contributed by atoms with Crippen LogP contribution in [0.1, 0.15) is 19.3 Å². The Hall–Kier alpha value is 0.190. The van der Waals surface area contributed by atoms with Gasteiger partial charge in [-0.1, -0.05) is 45.6 Å². The van der Waals surface area contributed by atoms with Crippen molar-refractivity contribution in [3.05, 3.63) is 28.2 Å². The topological polar surface area (TPSA) is 37.4 Å². The molecule has 1 heterocycles. The molecule has 0 aliphatic carbocycles. The smallest absolute Gasteiger partial charge is 0.207 e. The molecule has 0 saturated carbocycles. The van der Waals surface area contributed by atoms with Crippen LogP contribution >= 0.6 is 39.1 Å². The largest absolute Gasteiger partial charge is 0.243 e. The van der Waals surface area contributed by atoms with Crippen LogP contribution in [0.3, 0.4) is 0 Å². The summed E-state index contributed by atoms with van der Waals surface area (Å²) >= 11 is 15.1. The molecule has 0 N–H and O–H groups in total. The third-order valence-electron chi connectivity index (χ3n) is 3.25. The molecule has 106 valence electrons. The Labute approximate surface area is 132 Å². The van der Waals surface area contributed by atoms with E-state index in [9.17, 15) is 8.42 Å². The number of piperidine rings is 1. The molecule has 2 rings (SSSR count). The predicted molar refractivity (Wildman–Crippen MR) is 81.8 cm³/mol. The van der Waals surface area contributed by atoms with Gasteiger partial charge in [-0.3, -0.25) is 0 Å². The van der Waals surface area contributed by atoms with E-state index in [1.54, 1.807) is 4.31 Å². The third kappa shape index (κ3) is 3.27. The van der Waals surface area contributed by atoms with E-state index in [1.165, 1.54) is 18.2 Å². The van der Waals surface area contributed by atoms with Gasteiger partial charge < -0.3 is 0 Å². The number of hydrogen-bond donors (Lipinski definition) is 0. The first-order chi connectivity index (χ1) is 8.96. The van der Waals surface area contributed by atoms with Gasteiger partial charge in [0, 0.05) is 17.9 Å². The average Bonchev–Trinajstić information content (AvgIpc) is 2.41. The Morgan fingerprint density at radius 1 is 1.26 bits per heavy atom. The molecule has 1 unspecified atom stereocenters. The number of halogens is 3. The van der Waals surface area contributed by atoms with Gasteiger partial charge in [0.15, 0.2) is 0 Å². The molecule has 0 amide bonds. The highest BCUT2D eigenvalue weighted by Crippen LogP contribution is 2.30. The maximum Gasteiger partial charge on any atom is 0.243 e. The van der Waals surface area contributed by atoms with Crippen LogP contribution in [0, 0.1) is 0 Å². The van der Waals surface area contributed by atoms with Crippen LogP contribution in [0.15, 0.2) is 23.1 Å². The van der Waals surface area contributed by atoms with E-state index in [2.05, 4.69) is 15.9 Å². The standard InChI is InChI=1S/C12H14BrCl2NO2S/c13-8-9-3-1-2-6-16(9)19(17,18)10-4-5-11(14)12(15)7-10/h4-5,7,9H,1-3,6,8H2. The SMILES string of the molecule is O=S(=O)(c1ccc(Cl)c(Cl)c1)N1CCCCC1CBr. The summed E-state index contributed by atoms with van der Waals surface area (Å²) in [5, 5.41) is 1.26. The third-order valence-corrected chi connectivity index (χ3v) is 6.68. The fourth-order valence-electron chi connectivity index (χ4n) is 2.22. The molecule has 1 atom stereocenters. The van der Waals surface area contributed by atoms with Crippen molar-refractivity contribution in [2.75, 3.05) is 11.9 Å². The Morgan fingerprint density at radius 3 is 2.63 bits per heavy atom. The molecule has 1 aromatic carbocycles. The number of nitrogens with zero attached hydrogens (tertiary/aromatic N) is 1. The van der Waals surface area contributed by atoms with Crippen molar-refractivity contribution < 1.29 is 8.42 Å². The molecule has 0 radical (unpaired) electrons. The van der Waals surface area contributed by atoms with Gasteiger partial charge in [-0.05, 0) is 31.0 Å². The molecule has 1 saturated heterocycles. The highest BCUT2D eigenvalue weighted by atomic mass is 79.9. The van der Waals surface area contributed by atoms with Crippen molar-refractivity contribution >= 4 is 49.2 Å². The van der Waals surface area contributed by atoms with Crippen molar-refractivity contribution in [2.24, 2.45) is 0 Å². The van der Waals surface area contributed by atoms with E-state index in [-0.39, 0.29) is 16.0 Å². The molecule has 1 fully saturated rings. The molecule has 19 heavy (non-hydrogen) atoms. The minimum Gasteiger partial charge on any atom is -0.207 e. The molecular weight excluding hydrogens is 373 g/mol. The van der Waals surface area contributed by atoms with E-state index in [4.69, 9.17) is 23.2 Å². The zero-order chi connectivity index (χ0) is 14.0. The number of alkyl halides is 1. The average molecular weight is 387 g/mol. The van der Waals surface area contributed by atoms with Gasteiger partial charge in [0.1, 0.15) is 0 Å². The zero-order valence-electron chi connectivity index (χ0n) is 10.2. The molecule has 0 bridgehead atoms. The lowest BCUT2D eigenvalue weighted by Crippen LogP contribution is -2.44. The van der Waals surface area contributed by atoms with Gasteiger partial charge in [0.05, 0.1) is 14.9 Å². The minimum absolute atomic E-state index is 0.00760. The molecule has 0 aromatic heterocycles. The van der Waals surface area contributed by atoms with Gasteiger partial charge in [-0.2, -0.15) is 4.31 Å². The van der Waals surface area contributed by atoms with Gasteiger partial charge in [-0.15, -0.1) is 0 Å². The normalized spacial score (nSPS) is 21.5. The van der Waals surface area contributed by atoms with E-state index < -0.39 is 10.0 Å². The number of rotatable bonds is 3. The van der Waals surface area contributed by atoms with Crippen LogP contribution in [-0.4, -0.2) is 30.6 Å². The van der Waals surface area contributed by atoms with E-state index in [0.717, 1.165) is 19.3 Å². The number of hydrogen-bond acceptors (Lipinski definition) is 2. The van der Waals surface area contributed by atoms with Crippen molar-refractivity contribution in [1.82, 2.24) is 4.31 Å². The first-order valence-electron chi connectivity index (χ1n) is 5.99. The molecule has 1 aliphatic heterocycles. The quantitative estimate of drug-likeness (QED) is 0.738. The molecule has 3 nitrogen and oxygen atoms in total. The van der Waals surface area contributed by atoms with Crippen LogP contribution in [0.25, 0.3) is 0 Å². The van der Waals surface area contributed by atoms with Gasteiger partial charge in [0.25, 0.3) is 0 Å². The molecule has 7 heteroatoms. The number of benzene rings is 1. The first-order valence-corrected chi connectivity index (χ1v) is 9.31. The Kier molecular flexibility index (Phi) is 5.17.